The summed E-state index contributed by atoms with van der Waals surface area (Å²) in [5.74, 6) is -0.207. The highest BCUT2D eigenvalue weighted by Gasteiger charge is 2.16. The molecule has 1 aromatic carbocycles. The highest BCUT2D eigenvalue weighted by atomic mass is 35.5. The number of hydrogen-bond donors (Lipinski definition) is 2. The van der Waals surface area contributed by atoms with Crippen LogP contribution in [0.4, 0.5) is 0 Å². The lowest BCUT2D eigenvalue weighted by atomic mass is 10.1. The average Bonchev–Trinajstić information content (AvgIpc) is 2.46. The number of nitrogens with one attached hydrogen (secondary N) is 2. The lowest BCUT2D eigenvalue weighted by Crippen LogP contribution is -2.49. The molecule has 1 fully saturated rings. The summed E-state index contributed by atoms with van der Waals surface area (Å²) < 4.78 is 0. The monoisotopic (exact) mass is 295 g/mol. The summed E-state index contributed by atoms with van der Waals surface area (Å²) in [5, 5.41) is 6.44. The van der Waals surface area contributed by atoms with Crippen LogP contribution in [-0.2, 0) is 16.0 Å². The van der Waals surface area contributed by atoms with Gasteiger partial charge in [-0.1, -0.05) is 23.7 Å². The predicted molar refractivity (Wildman–Crippen MR) is 77.6 cm³/mol. The normalized spacial score (nSPS) is 14.9. The molecular weight excluding hydrogens is 278 g/mol. The van der Waals surface area contributed by atoms with Crippen molar-refractivity contribution in [2.75, 3.05) is 32.7 Å². The fourth-order valence-electron chi connectivity index (χ4n) is 2.10. The molecule has 20 heavy (non-hydrogen) atoms. The number of halogens is 1. The van der Waals surface area contributed by atoms with Gasteiger partial charge < -0.3 is 15.5 Å². The molecule has 1 aromatic rings. The van der Waals surface area contributed by atoms with E-state index >= 15 is 0 Å². The van der Waals surface area contributed by atoms with E-state index in [0.29, 0.717) is 18.1 Å². The molecular formula is C14H18ClN3O2. The van der Waals surface area contributed by atoms with Crippen molar-refractivity contribution >= 4 is 23.4 Å². The summed E-state index contributed by atoms with van der Waals surface area (Å²) in [6.07, 6.45) is 0.232. The van der Waals surface area contributed by atoms with E-state index in [1.807, 2.05) is 6.07 Å². The number of carbonyl (C=O) groups is 2. The maximum absolute atomic E-state index is 11.9. The van der Waals surface area contributed by atoms with Crippen molar-refractivity contribution in [1.29, 1.82) is 0 Å². The van der Waals surface area contributed by atoms with Crippen LogP contribution in [0.1, 0.15) is 5.56 Å². The highest BCUT2D eigenvalue weighted by molar-refractivity contribution is 6.30. The van der Waals surface area contributed by atoms with E-state index in [2.05, 4.69) is 10.6 Å². The third-order valence-electron chi connectivity index (χ3n) is 3.16. The Morgan fingerprint density at radius 3 is 2.75 bits per heavy atom. The number of carbonyl (C=O) groups excluding carboxylic acids is 2. The van der Waals surface area contributed by atoms with Gasteiger partial charge in [0.2, 0.25) is 11.8 Å². The molecule has 5 nitrogen and oxygen atoms in total. The van der Waals surface area contributed by atoms with Crippen LogP contribution in [-0.4, -0.2) is 49.4 Å². The molecule has 2 amide bonds. The minimum absolute atomic E-state index is 0.0362. The van der Waals surface area contributed by atoms with Gasteiger partial charge in [-0.2, -0.15) is 0 Å². The molecule has 0 atom stereocenters. The van der Waals surface area contributed by atoms with Crippen LogP contribution in [0, 0.1) is 0 Å². The molecule has 108 valence electrons. The Balaban J connectivity index is 1.75. The molecule has 1 heterocycles. The SMILES string of the molecule is O=C(Cc1cccc(Cl)c1)NCC(=O)N1CCNCC1. The van der Waals surface area contributed by atoms with Crippen LogP contribution in [0.3, 0.4) is 0 Å². The van der Waals surface area contributed by atoms with E-state index in [1.54, 1.807) is 23.1 Å². The van der Waals surface area contributed by atoms with Gasteiger partial charge in [0.15, 0.2) is 0 Å². The maximum atomic E-state index is 11.9. The van der Waals surface area contributed by atoms with Crippen molar-refractivity contribution in [2.45, 2.75) is 6.42 Å². The molecule has 0 spiro atoms. The second kappa shape index (κ2) is 7.26. The number of amides is 2. The first-order chi connectivity index (χ1) is 9.65. The quantitative estimate of drug-likeness (QED) is 0.847. The van der Waals surface area contributed by atoms with Crippen molar-refractivity contribution in [1.82, 2.24) is 15.5 Å². The van der Waals surface area contributed by atoms with Crippen molar-refractivity contribution in [3.63, 3.8) is 0 Å². The standard InChI is InChI=1S/C14H18ClN3O2/c15-12-3-1-2-11(8-12)9-13(19)17-10-14(20)18-6-4-16-5-7-18/h1-3,8,16H,4-7,9-10H2,(H,17,19). The molecule has 0 unspecified atom stereocenters. The fraction of sp³-hybridized carbons (Fsp3) is 0.429. The van der Waals surface area contributed by atoms with E-state index in [1.165, 1.54) is 0 Å². The van der Waals surface area contributed by atoms with Crippen LogP contribution in [0.25, 0.3) is 0 Å². The van der Waals surface area contributed by atoms with Gasteiger partial charge in [-0.3, -0.25) is 9.59 Å². The minimum Gasteiger partial charge on any atom is -0.347 e. The molecule has 2 N–H and O–H groups in total. The van der Waals surface area contributed by atoms with Gasteiger partial charge in [-0.05, 0) is 17.7 Å². The van der Waals surface area contributed by atoms with E-state index in [9.17, 15) is 9.59 Å². The Kier molecular flexibility index (Phi) is 5.38. The number of piperazine rings is 1. The van der Waals surface area contributed by atoms with Gasteiger partial charge >= 0.3 is 0 Å². The van der Waals surface area contributed by atoms with Gasteiger partial charge in [0.25, 0.3) is 0 Å². The van der Waals surface area contributed by atoms with Crippen LogP contribution in [0.15, 0.2) is 24.3 Å². The van der Waals surface area contributed by atoms with Crippen LogP contribution in [0.5, 0.6) is 0 Å². The summed E-state index contributed by atoms with van der Waals surface area (Å²) in [5.41, 5.74) is 0.838. The summed E-state index contributed by atoms with van der Waals surface area (Å²) in [4.78, 5) is 25.4. The molecule has 0 saturated carbocycles. The predicted octanol–water partition coefficient (Wildman–Crippen LogP) is 0.430. The van der Waals surface area contributed by atoms with E-state index in [0.717, 1.165) is 18.7 Å². The van der Waals surface area contributed by atoms with Gasteiger partial charge in [0.05, 0.1) is 13.0 Å². The third kappa shape index (κ3) is 4.51. The van der Waals surface area contributed by atoms with Crippen LogP contribution >= 0.6 is 11.6 Å². The third-order valence-corrected chi connectivity index (χ3v) is 3.40. The molecule has 6 heteroatoms. The molecule has 0 bridgehead atoms. The van der Waals surface area contributed by atoms with Crippen LogP contribution < -0.4 is 10.6 Å². The fourth-order valence-corrected chi connectivity index (χ4v) is 2.31. The average molecular weight is 296 g/mol. The summed E-state index contributed by atoms with van der Waals surface area (Å²) in [6.45, 7) is 3.07. The second-order valence-electron chi connectivity index (χ2n) is 4.71. The Morgan fingerprint density at radius 1 is 1.30 bits per heavy atom. The molecule has 0 radical (unpaired) electrons. The number of nitrogens with zero attached hydrogens (tertiary/aromatic N) is 1. The van der Waals surface area contributed by atoms with E-state index in [-0.39, 0.29) is 24.8 Å². The van der Waals surface area contributed by atoms with Gasteiger partial charge in [-0.15, -0.1) is 0 Å². The van der Waals surface area contributed by atoms with E-state index in [4.69, 9.17) is 11.6 Å². The number of hydrogen-bond acceptors (Lipinski definition) is 3. The van der Waals surface area contributed by atoms with Crippen molar-refractivity contribution < 1.29 is 9.59 Å². The highest BCUT2D eigenvalue weighted by Crippen LogP contribution is 2.10. The number of rotatable bonds is 4. The molecule has 1 aliphatic rings. The topological polar surface area (TPSA) is 61.4 Å². The molecule has 2 rings (SSSR count). The summed E-state index contributed by atoms with van der Waals surface area (Å²) in [6, 6.07) is 7.15. The largest absolute Gasteiger partial charge is 0.347 e. The molecule has 1 aliphatic heterocycles. The molecule has 0 aliphatic carbocycles. The Bertz CT molecular complexity index is 487. The maximum Gasteiger partial charge on any atom is 0.242 e. The summed E-state index contributed by atoms with van der Waals surface area (Å²) in [7, 11) is 0. The Labute approximate surface area is 123 Å². The van der Waals surface area contributed by atoms with Crippen molar-refractivity contribution in [2.24, 2.45) is 0 Å². The van der Waals surface area contributed by atoms with Crippen molar-refractivity contribution in [3.8, 4) is 0 Å². The van der Waals surface area contributed by atoms with Gasteiger partial charge in [0, 0.05) is 31.2 Å². The lowest BCUT2D eigenvalue weighted by Gasteiger charge is -2.27. The minimum atomic E-state index is -0.171. The Hall–Kier alpha value is -1.59. The van der Waals surface area contributed by atoms with Crippen LogP contribution in [0.2, 0.25) is 5.02 Å². The summed E-state index contributed by atoms with van der Waals surface area (Å²) >= 11 is 5.86. The second-order valence-corrected chi connectivity index (χ2v) is 5.15. The smallest absolute Gasteiger partial charge is 0.242 e. The van der Waals surface area contributed by atoms with Gasteiger partial charge in [0.1, 0.15) is 0 Å². The first-order valence-corrected chi connectivity index (χ1v) is 7.02. The zero-order valence-electron chi connectivity index (χ0n) is 11.2. The first kappa shape index (κ1) is 14.8. The van der Waals surface area contributed by atoms with Gasteiger partial charge in [-0.25, -0.2) is 0 Å². The Morgan fingerprint density at radius 2 is 2.05 bits per heavy atom. The lowest BCUT2D eigenvalue weighted by molar-refractivity contribution is -0.133. The number of benzene rings is 1. The molecule has 0 aromatic heterocycles. The van der Waals surface area contributed by atoms with E-state index < -0.39 is 0 Å². The molecule has 1 saturated heterocycles. The zero-order valence-corrected chi connectivity index (χ0v) is 11.9. The zero-order chi connectivity index (χ0) is 14.4. The first-order valence-electron chi connectivity index (χ1n) is 6.65. The van der Waals surface area contributed by atoms with Crippen molar-refractivity contribution in [3.05, 3.63) is 34.9 Å².